The molecule has 1 heterocycles. The molecule has 0 aromatic heterocycles. The lowest BCUT2D eigenvalue weighted by atomic mass is 9.88. The van der Waals surface area contributed by atoms with Crippen LogP contribution in [-0.2, 0) is 6.67 Å². The molecule has 0 unspecified atom stereocenters. The topological polar surface area (TPSA) is 32.3 Å². The van der Waals surface area contributed by atoms with Gasteiger partial charge in [0.25, 0.3) is 0 Å². The second kappa shape index (κ2) is 4.62. The van der Waals surface area contributed by atoms with Gasteiger partial charge >= 0.3 is 0 Å². The Hall–Kier alpha value is -1.09. The van der Waals surface area contributed by atoms with Crippen molar-refractivity contribution < 1.29 is 9.50 Å². The molecule has 0 radical (unpaired) electrons. The van der Waals surface area contributed by atoms with Gasteiger partial charge in [-0.2, -0.15) is 0 Å². The Morgan fingerprint density at radius 3 is 2.73 bits per heavy atom. The van der Waals surface area contributed by atoms with Crippen molar-refractivity contribution in [2.45, 2.75) is 25.4 Å². The molecule has 1 aliphatic rings. The van der Waals surface area contributed by atoms with E-state index >= 15 is 0 Å². The highest BCUT2D eigenvalue weighted by Crippen LogP contribution is 2.34. The van der Waals surface area contributed by atoms with Crippen molar-refractivity contribution in [3.63, 3.8) is 0 Å². The summed E-state index contributed by atoms with van der Waals surface area (Å²) in [4.78, 5) is 0. The van der Waals surface area contributed by atoms with Crippen LogP contribution in [0, 0.1) is 0 Å². The van der Waals surface area contributed by atoms with E-state index in [4.69, 9.17) is 0 Å². The number of benzene rings is 1. The van der Waals surface area contributed by atoms with E-state index in [0.717, 1.165) is 31.5 Å². The lowest BCUT2D eigenvalue weighted by Gasteiger charge is -2.24. The zero-order valence-electron chi connectivity index (χ0n) is 8.67. The number of aromatic hydroxyl groups is 1. The highest BCUT2D eigenvalue weighted by molar-refractivity contribution is 5.42. The fourth-order valence-electron chi connectivity index (χ4n) is 2.18. The van der Waals surface area contributed by atoms with E-state index in [9.17, 15) is 9.50 Å². The van der Waals surface area contributed by atoms with Gasteiger partial charge in [0.15, 0.2) is 0 Å². The van der Waals surface area contributed by atoms with Crippen LogP contribution >= 0.6 is 0 Å². The normalized spacial score (nSPS) is 17.9. The summed E-state index contributed by atoms with van der Waals surface area (Å²) in [7, 11) is 0. The number of piperidine rings is 1. The minimum Gasteiger partial charge on any atom is -0.507 e. The van der Waals surface area contributed by atoms with Crippen LogP contribution in [0.2, 0.25) is 0 Å². The predicted molar refractivity (Wildman–Crippen MR) is 57.8 cm³/mol. The Kier molecular flexibility index (Phi) is 3.21. The van der Waals surface area contributed by atoms with Crippen molar-refractivity contribution in [3.05, 3.63) is 29.3 Å². The number of para-hydroxylation sites is 1. The van der Waals surface area contributed by atoms with Crippen LogP contribution in [-0.4, -0.2) is 18.2 Å². The van der Waals surface area contributed by atoms with Crippen LogP contribution in [0.5, 0.6) is 5.75 Å². The Morgan fingerprint density at radius 1 is 1.33 bits per heavy atom. The molecule has 2 N–H and O–H groups in total. The monoisotopic (exact) mass is 209 g/mol. The molecule has 0 aliphatic carbocycles. The third-order valence-corrected chi connectivity index (χ3v) is 3.07. The van der Waals surface area contributed by atoms with E-state index in [1.165, 1.54) is 0 Å². The largest absolute Gasteiger partial charge is 0.507 e. The fourth-order valence-corrected chi connectivity index (χ4v) is 2.18. The summed E-state index contributed by atoms with van der Waals surface area (Å²) < 4.78 is 12.6. The minimum atomic E-state index is -0.593. The van der Waals surface area contributed by atoms with Crippen LogP contribution in [0.15, 0.2) is 18.2 Å². The maximum atomic E-state index is 12.6. The molecule has 0 atom stereocenters. The molecule has 2 rings (SSSR count). The number of hydrogen-bond donors (Lipinski definition) is 2. The summed E-state index contributed by atoms with van der Waals surface area (Å²) in [5.41, 5.74) is 1.32. The van der Waals surface area contributed by atoms with Crippen molar-refractivity contribution in [1.29, 1.82) is 0 Å². The third kappa shape index (κ3) is 2.12. The van der Waals surface area contributed by atoms with E-state index in [1.807, 2.05) is 12.1 Å². The first-order valence-electron chi connectivity index (χ1n) is 5.40. The van der Waals surface area contributed by atoms with Crippen molar-refractivity contribution >= 4 is 0 Å². The van der Waals surface area contributed by atoms with Crippen molar-refractivity contribution in [2.24, 2.45) is 0 Å². The average molecular weight is 209 g/mol. The number of phenolic OH excluding ortho intramolecular Hbond substituents is 1. The van der Waals surface area contributed by atoms with Crippen molar-refractivity contribution in [3.8, 4) is 5.75 Å². The number of hydrogen-bond acceptors (Lipinski definition) is 2. The molecule has 0 spiro atoms. The van der Waals surface area contributed by atoms with Gasteiger partial charge in [-0.05, 0) is 37.4 Å². The minimum absolute atomic E-state index is 0.159. The second-order valence-corrected chi connectivity index (χ2v) is 4.01. The molecule has 2 nitrogen and oxygen atoms in total. The molecule has 1 aliphatic heterocycles. The van der Waals surface area contributed by atoms with Gasteiger partial charge in [-0.3, -0.25) is 0 Å². The smallest absolute Gasteiger partial charge is 0.124 e. The lowest BCUT2D eigenvalue weighted by molar-refractivity contribution is 0.406. The summed E-state index contributed by atoms with van der Waals surface area (Å²) in [6, 6.07) is 5.37. The first-order chi connectivity index (χ1) is 7.33. The first-order valence-corrected chi connectivity index (χ1v) is 5.40. The Labute approximate surface area is 89.1 Å². The zero-order valence-corrected chi connectivity index (χ0v) is 8.67. The van der Waals surface area contributed by atoms with Gasteiger partial charge in [0, 0.05) is 5.56 Å². The zero-order chi connectivity index (χ0) is 10.7. The molecule has 82 valence electrons. The van der Waals surface area contributed by atoms with Gasteiger partial charge in [0.05, 0.1) is 0 Å². The fraction of sp³-hybridized carbons (Fsp3) is 0.500. The van der Waals surface area contributed by atoms with Crippen LogP contribution in [0.1, 0.15) is 29.9 Å². The van der Waals surface area contributed by atoms with E-state index in [1.54, 1.807) is 6.07 Å². The van der Waals surface area contributed by atoms with E-state index in [2.05, 4.69) is 5.32 Å². The number of rotatable bonds is 2. The molecule has 15 heavy (non-hydrogen) atoms. The number of nitrogens with one attached hydrogen (secondary N) is 1. The summed E-state index contributed by atoms with van der Waals surface area (Å²) in [5, 5.41) is 13.2. The van der Waals surface area contributed by atoms with Gasteiger partial charge in [-0.25, -0.2) is 4.39 Å². The second-order valence-electron chi connectivity index (χ2n) is 4.01. The predicted octanol–water partition coefficient (Wildman–Crippen LogP) is 2.33. The van der Waals surface area contributed by atoms with Crippen molar-refractivity contribution in [2.75, 3.05) is 13.1 Å². The third-order valence-electron chi connectivity index (χ3n) is 3.07. The summed E-state index contributed by atoms with van der Waals surface area (Å²) in [6.45, 7) is 1.36. The molecule has 0 saturated carbocycles. The average Bonchev–Trinajstić information content (AvgIpc) is 2.30. The Bertz CT molecular complexity index is 334. The summed E-state index contributed by atoms with van der Waals surface area (Å²) in [6.07, 6.45) is 2.03. The molecular weight excluding hydrogens is 193 g/mol. The standard InChI is InChI=1S/C12H16FNO/c13-8-10-2-1-3-11(12(10)15)9-4-6-14-7-5-9/h1-3,9,14-15H,4-8H2. The van der Waals surface area contributed by atoms with Crippen LogP contribution in [0.3, 0.4) is 0 Å². The molecule has 3 heteroatoms. The van der Waals surface area contributed by atoms with Crippen LogP contribution < -0.4 is 5.32 Å². The van der Waals surface area contributed by atoms with Gasteiger partial charge in [-0.15, -0.1) is 0 Å². The van der Waals surface area contributed by atoms with Crippen molar-refractivity contribution in [1.82, 2.24) is 5.32 Å². The SMILES string of the molecule is Oc1c(CF)cccc1C1CCNCC1. The van der Waals surface area contributed by atoms with Gasteiger partial charge in [-0.1, -0.05) is 18.2 Å². The molecule has 0 amide bonds. The maximum absolute atomic E-state index is 12.6. The number of alkyl halides is 1. The molecule has 0 bridgehead atoms. The van der Waals surface area contributed by atoms with Crippen LogP contribution in [0.25, 0.3) is 0 Å². The van der Waals surface area contributed by atoms with Gasteiger partial charge in [0.1, 0.15) is 12.4 Å². The van der Waals surface area contributed by atoms with E-state index < -0.39 is 6.67 Å². The Balaban J connectivity index is 2.26. The van der Waals surface area contributed by atoms with Gasteiger partial charge < -0.3 is 10.4 Å². The molecule has 1 aromatic carbocycles. The van der Waals surface area contributed by atoms with E-state index in [-0.39, 0.29) is 5.75 Å². The maximum Gasteiger partial charge on any atom is 0.124 e. The van der Waals surface area contributed by atoms with Crippen LogP contribution in [0.4, 0.5) is 4.39 Å². The summed E-state index contributed by atoms with van der Waals surface area (Å²) in [5.74, 6) is 0.532. The molecule has 1 saturated heterocycles. The first kappa shape index (κ1) is 10.4. The van der Waals surface area contributed by atoms with Gasteiger partial charge in [0.2, 0.25) is 0 Å². The summed E-state index contributed by atoms with van der Waals surface area (Å²) >= 11 is 0. The molecule has 1 fully saturated rings. The number of phenols is 1. The number of halogens is 1. The molecular formula is C12H16FNO. The lowest BCUT2D eigenvalue weighted by Crippen LogP contribution is -2.26. The van der Waals surface area contributed by atoms with E-state index in [0.29, 0.717) is 11.5 Å². The highest BCUT2D eigenvalue weighted by Gasteiger charge is 2.19. The molecule has 1 aromatic rings. The quantitative estimate of drug-likeness (QED) is 0.783. The Morgan fingerprint density at radius 2 is 2.07 bits per heavy atom. The highest BCUT2D eigenvalue weighted by atomic mass is 19.1.